The summed E-state index contributed by atoms with van der Waals surface area (Å²) in [4.78, 5) is 27.2. The molecule has 160 valence electrons. The number of hydrogen-bond acceptors (Lipinski definition) is 5. The summed E-state index contributed by atoms with van der Waals surface area (Å²) in [7, 11) is 0. The fourth-order valence-corrected chi connectivity index (χ4v) is 5.22. The van der Waals surface area contributed by atoms with E-state index in [2.05, 4.69) is 20.8 Å². The first-order valence-corrected chi connectivity index (χ1v) is 10.5. The Kier molecular flexibility index (Phi) is 6.11. The number of carbonyl (C=O) groups is 2. The molecule has 2 fully saturated rings. The summed E-state index contributed by atoms with van der Waals surface area (Å²) in [6.45, 7) is 12.0. The van der Waals surface area contributed by atoms with Crippen molar-refractivity contribution in [2.75, 3.05) is 26.4 Å². The van der Waals surface area contributed by atoms with E-state index in [0.29, 0.717) is 30.3 Å². The van der Waals surface area contributed by atoms with E-state index in [1.165, 1.54) is 0 Å². The lowest BCUT2D eigenvalue weighted by Crippen LogP contribution is -2.39. The highest BCUT2D eigenvalue weighted by atomic mass is 16.5. The second-order valence-electron chi connectivity index (χ2n) is 9.34. The van der Waals surface area contributed by atoms with E-state index in [-0.39, 0.29) is 29.4 Å². The Morgan fingerprint density at radius 2 is 1.76 bits per heavy atom. The van der Waals surface area contributed by atoms with Crippen LogP contribution in [-0.2, 0) is 9.53 Å². The second-order valence-corrected chi connectivity index (χ2v) is 9.34. The molecule has 1 aromatic rings. The molecule has 1 aliphatic carbocycles. The molecule has 0 aromatic heterocycles. The summed E-state index contributed by atoms with van der Waals surface area (Å²) in [6, 6.07) is 5.17. The van der Waals surface area contributed by atoms with Crippen LogP contribution in [0.25, 0.3) is 0 Å². The van der Waals surface area contributed by atoms with E-state index < -0.39 is 5.97 Å². The summed E-state index contributed by atoms with van der Waals surface area (Å²) in [5.74, 6) is 0.442. The number of carbonyl (C=O) groups excluding carboxylic acids is 2. The van der Waals surface area contributed by atoms with E-state index in [1.807, 2.05) is 18.7 Å². The van der Waals surface area contributed by atoms with Crippen molar-refractivity contribution in [3.8, 4) is 11.5 Å². The maximum absolute atomic E-state index is 12.8. The molecule has 1 heterocycles. The minimum atomic E-state index is -0.531. The van der Waals surface area contributed by atoms with Gasteiger partial charge in [-0.15, -0.1) is 0 Å². The molecule has 1 amide bonds. The Labute approximate surface area is 173 Å². The Morgan fingerprint density at radius 1 is 1.07 bits per heavy atom. The summed E-state index contributed by atoms with van der Waals surface area (Å²) in [5, 5.41) is 0. The van der Waals surface area contributed by atoms with Gasteiger partial charge in [-0.05, 0) is 62.1 Å². The number of esters is 1. The highest BCUT2D eigenvalue weighted by molar-refractivity contribution is 5.92. The highest BCUT2D eigenvalue weighted by Gasteiger charge is 2.50. The Morgan fingerprint density at radius 3 is 2.45 bits per heavy atom. The molecule has 2 unspecified atom stereocenters. The van der Waals surface area contributed by atoms with E-state index >= 15 is 0 Å². The van der Waals surface area contributed by atoms with E-state index in [0.717, 1.165) is 25.8 Å². The van der Waals surface area contributed by atoms with Crippen LogP contribution in [0.1, 0.15) is 64.2 Å². The second kappa shape index (κ2) is 8.25. The summed E-state index contributed by atoms with van der Waals surface area (Å²) in [6.07, 6.45) is 3.15. The number of benzene rings is 1. The molecule has 0 N–H and O–H groups in total. The Balaban J connectivity index is 1.62. The number of nitrogens with zero attached hydrogens (tertiary/aromatic N) is 1. The molecule has 1 aliphatic heterocycles. The lowest BCUT2D eigenvalue weighted by atomic mass is 9.65. The average Bonchev–Trinajstić information content (AvgIpc) is 2.90. The van der Waals surface area contributed by atoms with Crippen LogP contribution in [0.15, 0.2) is 18.2 Å². The smallest absolute Gasteiger partial charge is 0.338 e. The largest absolute Gasteiger partial charge is 0.490 e. The van der Waals surface area contributed by atoms with Gasteiger partial charge >= 0.3 is 5.97 Å². The first-order valence-electron chi connectivity index (χ1n) is 10.5. The minimum absolute atomic E-state index is 0.110. The number of ether oxygens (including phenoxy) is 3. The topological polar surface area (TPSA) is 65.1 Å². The van der Waals surface area contributed by atoms with Crippen LogP contribution in [0.2, 0.25) is 0 Å². The van der Waals surface area contributed by atoms with Crippen LogP contribution >= 0.6 is 0 Å². The zero-order valence-corrected chi connectivity index (χ0v) is 18.2. The van der Waals surface area contributed by atoms with E-state index in [9.17, 15) is 9.59 Å². The first kappa shape index (κ1) is 21.5. The van der Waals surface area contributed by atoms with Crippen molar-refractivity contribution in [3.63, 3.8) is 0 Å². The highest BCUT2D eigenvalue weighted by Crippen LogP contribution is 2.52. The molecule has 6 nitrogen and oxygen atoms in total. The van der Waals surface area contributed by atoms with Crippen molar-refractivity contribution in [3.05, 3.63) is 23.8 Å². The summed E-state index contributed by atoms with van der Waals surface area (Å²) in [5.41, 5.74) is 0.743. The molecular formula is C23H33NO5. The Bertz CT molecular complexity index is 775. The molecule has 2 aliphatic rings. The van der Waals surface area contributed by atoms with Gasteiger partial charge in [0.2, 0.25) is 0 Å². The van der Waals surface area contributed by atoms with Crippen LogP contribution in [0.4, 0.5) is 0 Å². The molecule has 29 heavy (non-hydrogen) atoms. The van der Waals surface area contributed by atoms with Crippen LogP contribution in [0.3, 0.4) is 0 Å². The maximum Gasteiger partial charge on any atom is 0.338 e. The number of rotatable bonds is 7. The number of fused-ring (bicyclic) bond motifs is 2. The van der Waals surface area contributed by atoms with Crippen LogP contribution in [0, 0.1) is 10.8 Å². The third-order valence-electron chi connectivity index (χ3n) is 5.84. The summed E-state index contributed by atoms with van der Waals surface area (Å²) >= 11 is 0. The molecule has 2 atom stereocenters. The van der Waals surface area contributed by atoms with Gasteiger partial charge < -0.3 is 19.1 Å². The van der Waals surface area contributed by atoms with Gasteiger partial charge in [-0.3, -0.25) is 4.79 Å². The summed E-state index contributed by atoms with van der Waals surface area (Å²) < 4.78 is 16.4. The van der Waals surface area contributed by atoms with Crippen molar-refractivity contribution in [1.29, 1.82) is 0 Å². The van der Waals surface area contributed by atoms with Gasteiger partial charge in [0.15, 0.2) is 18.1 Å². The number of amides is 1. The molecule has 1 saturated heterocycles. The quantitative estimate of drug-likeness (QED) is 0.642. The van der Waals surface area contributed by atoms with Crippen LogP contribution < -0.4 is 9.47 Å². The van der Waals surface area contributed by atoms with Crippen LogP contribution in [-0.4, -0.2) is 49.2 Å². The molecule has 1 saturated carbocycles. The first-order chi connectivity index (χ1) is 13.7. The molecule has 6 heteroatoms. The fraction of sp³-hybridized carbons (Fsp3) is 0.652. The molecular weight excluding hydrogens is 370 g/mol. The predicted molar refractivity (Wildman–Crippen MR) is 110 cm³/mol. The van der Waals surface area contributed by atoms with Gasteiger partial charge in [-0.1, -0.05) is 20.8 Å². The Hall–Kier alpha value is -2.24. The van der Waals surface area contributed by atoms with Crippen molar-refractivity contribution in [1.82, 2.24) is 4.90 Å². The van der Waals surface area contributed by atoms with Gasteiger partial charge in [-0.2, -0.15) is 0 Å². The monoisotopic (exact) mass is 403 g/mol. The molecule has 3 rings (SSSR count). The van der Waals surface area contributed by atoms with Crippen molar-refractivity contribution < 1.29 is 23.8 Å². The van der Waals surface area contributed by atoms with Crippen LogP contribution in [0.5, 0.6) is 11.5 Å². The van der Waals surface area contributed by atoms with Gasteiger partial charge in [0.1, 0.15) is 0 Å². The van der Waals surface area contributed by atoms with Gasteiger partial charge in [-0.25, -0.2) is 4.79 Å². The predicted octanol–water partition coefficient (Wildman–Crippen LogP) is 4.07. The van der Waals surface area contributed by atoms with Crippen molar-refractivity contribution in [2.24, 2.45) is 10.8 Å². The number of likely N-dealkylation sites (tertiary alicyclic amines) is 1. The zero-order valence-electron chi connectivity index (χ0n) is 18.2. The minimum Gasteiger partial charge on any atom is -0.490 e. The average molecular weight is 404 g/mol. The standard InChI is InChI=1S/C23H33NO5/c1-6-27-18-9-8-16(10-19(18)28-7-2)21(26)29-13-20(25)24-15-23(5)12-17(24)11-22(3,4)14-23/h8-10,17H,6-7,11-15H2,1-5H3. The van der Waals surface area contributed by atoms with Gasteiger partial charge in [0.05, 0.1) is 18.8 Å². The molecule has 1 aromatic carbocycles. The zero-order chi connectivity index (χ0) is 21.2. The third-order valence-corrected chi connectivity index (χ3v) is 5.84. The normalized spacial score (nSPS) is 24.9. The van der Waals surface area contributed by atoms with Crippen molar-refractivity contribution in [2.45, 2.75) is 59.9 Å². The lowest BCUT2D eigenvalue weighted by molar-refractivity contribution is -0.135. The maximum atomic E-state index is 12.8. The molecule has 2 bridgehead atoms. The lowest BCUT2D eigenvalue weighted by Gasteiger charge is -2.39. The van der Waals surface area contributed by atoms with Crippen molar-refractivity contribution >= 4 is 11.9 Å². The van der Waals surface area contributed by atoms with Gasteiger partial charge in [0, 0.05) is 12.6 Å². The third kappa shape index (κ3) is 4.85. The SMILES string of the molecule is CCOc1ccc(C(=O)OCC(=O)N2CC3(C)CC2CC(C)(C)C3)cc1OCC. The fourth-order valence-electron chi connectivity index (χ4n) is 5.22. The number of hydrogen-bond donors (Lipinski definition) is 0. The van der Waals surface area contributed by atoms with E-state index in [1.54, 1.807) is 18.2 Å². The molecule has 0 radical (unpaired) electrons. The van der Waals surface area contributed by atoms with Gasteiger partial charge in [0.25, 0.3) is 5.91 Å². The molecule has 0 spiro atoms. The van der Waals surface area contributed by atoms with E-state index in [4.69, 9.17) is 14.2 Å².